The second kappa shape index (κ2) is 5.88. The van der Waals surface area contributed by atoms with Gasteiger partial charge in [0.05, 0.1) is 0 Å². The van der Waals surface area contributed by atoms with Gasteiger partial charge in [0.2, 0.25) is 0 Å². The molecule has 1 heteroatoms. The first-order valence-corrected chi connectivity index (χ1v) is 4.77. The van der Waals surface area contributed by atoms with Crippen molar-refractivity contribution in [1.29, 1.82) is 0 Å². The van der Waals surface area contributed by atoms with Gasteiger partial charge in [-0.05, 0) is 24.6 Å². The predicted molar refractivity (Wildman–Crippen MR) is 63.1 cm³/mol. The molecule has 1 nitrogen and oxygen atoms in total. The lowest BCUT2D eigenvalue weighted by Crippen LogP contribution is -1.99. The first kappa shape index (κ1) is 10.4. The first-order valence-electron chi connectivity index (χ1n) is 4.77. The highest BCUT2D eigenvalue weighted by Crippen LogP contribution is 2.10. The van der Waals surface area contributed by atoms with E-state index in [1.54, 1.807) is 0 Å². The number of hydrogen-bond acceptors (Lipinski definition) is 1. The minimum absolute atomic E-state index is 0.761. The molecule has 1 rings (SSSR count). The van der Waals surface area contributed by atoms with E-state index in [0.29, 0.717) is 0 Å². The normalized spacial score (nSPS) is 10.0. The van der Waals surface area contributed by atoms with Crippen LogP contribution in [0.1, 0.15) is 18.9 Å². The number of hydrogen-bond donors (Lipinski definition) is 1. The van der Waals surface area contributed by atoms with Gasteiger partial charge in [-0.15, -0.1) is 12.3 Å². The third-order valence-corrected chi connectivity index (χ3v) is 1.87. The number of nitrogens with one attached hydrogen (secondary N) is 1. The summed E-state index contributed by atoms with van der Waals surface area (Å²) in [7, 11) is 0. The van der Waals surface area contributed by atoms with Crippen LogP contribution in [-0.2, 0) is 0 Å². The fourth-order valence-electron chi connectivity index (χ4n) is 1.18. The van der Waals surface area contributed by atoms with Crippen molar-refractivity contribution in [2.75, 3.05) is 11.9 Å². The summed E-state index contributed by atoms with van der Waals surface area (Å²) in [4.78, 5) is 0. The van der Waals surface area contributed by atoms with Gasteiger partial charge in [0.25, 0.3) is 0 Å². The third kappa shape index (κ3) is 3.37. The van der Waals surface area contributed by atoms with Crippen molar-refractivity contribution in [2.24, 2.45) is 0 Å². The minimum atomic E-state index is 0.761. The van der Waals surface area contributed by atoms with Crippen molar-refractivity contribution < 1.29 is 0 Å². The highest BCUT2D eigenvalue weighted by molar-refractivity contribution is 5.54. The molecule has 0 radical (unpaired) electrons. The van der Waals surface area contributed by atoms with Gasteiger partial charge in [0, 0.05) is 18.7 Å². The van der Waals surface area contributed by atoms with Crippen LogP contribution in [0.4, 0.5) is 5.69 Å². The molecule has 0 saturated carbocycles. The Bertz CT molecular complexity index is 327. The van der Waals surface area contributed by atoms with E-state index in [2.05, 4.69) is 41.6 Å². The highest BCUT2D eigenvalue weighted by Gasteiger charge is 1.90. The molecule has 72 valence electrons. The number of benzene rings is 1. The van der Waals surface area contributed by atoms with Crippen molar-refractivity contribution in [3.05, 3.63) is 35.9 Å². The van der Waals surface area contributed by atoms with Crippen LogP contribution in [-0.4, -0.2) is 6.54 Å². The Balaban J connectivity index is 2.52. The lowest BCUT2D eigenvalue weighted by Gasteiger charge is -2.03. The monoisotopic (exact) mass is 185 g/mol. The van der Waals surface area contributed by atoms with E-state index in [1.807, 2.05) is 13.0 Å². The Morgan fingerprint density at radius 3 is 2.64 bits per heavy atom. The molecule has 0 unspecified atom stereocenters. The Kier molecular flexibility index (Phi) is 4.37. The molecule has 0 amide bonds. The van der Waals surface area contributed by atoms with E-state index < -0.39 is 0 Å². The molecule has 0 fully saturated rings. The molecule has 0 spiro atoms. The van der Waals surface area contributed by atoms with E-state index >= 15 is 0 Å². The summed E-state index contributed by atoms with van der Waals surface area (Å²) in [5.74, 6) is 2.60. The number of rotatable bonds is 4. The van der Waals surface area contributed by atoms with Crippen molar-refractivity contribution in [1.82, 2.24) is 0 Å². The zero-order valence-corrected chi connectivity index (χ0v) is 8.46. The van der Waals surface area contributed by atoms with Crippen molar-refractivity contribution >= 4 is 11.8 Å². The third-order valence-electron chi connectivity index (χ3n) is 1.87. The lowest BCUT2D eigenvalue weighted by molar-refractivity contribution is 1.10. The molecule has 1 N–H and O–H groups in total. The molecular weight excluding hydrogens is 170 g/mol. The summed E-state index contributed by atoms with van der Waals surface area (Å²) < 4.78 is 0. The van der Waals surface area contributed by atoms with E-state index in [-0.39, 0.29) is 0 Å². The maximum Gasteiger partial charge on any atom is 0.0340 e. The van der Waals surface area contributed by atoms with Gasteiger partial charge >= 0.3 is 0 Å². The molecule has 1 aromatic carbocycles. The Labute approximate surface area is 85.8 Å². The zero-order valence-electron chi connectivity index (χ0n) is 8.46. The van der Waals surface area contributed by atoms with Crippen LogP contribution in [0.3, 0.4) is 0 Å². The van der Waals surface area contributed by atoms with Crippen LogP contribution in [0.5, 0.6) is 0 Å². The summed E-state index contributed by atoms with van der Waals surface area (Å²) in [6.07, 6.45) is 10.0. The molecular formula is C13H15N. The van der Waals surface area contributed by atoms with Crippen molar-refractivity contribution in [2.45, 2.75) is 13.3 Å². The second-order valence-corrected chi connectivity index (χ2v) is 3.00. The van der Waals surface area contributed by atoms with Gasteiger partial charge in [-0.25, -0.2) is 0 Å². The molecule has 0 atom stereocenters. The van der Waals surface area contributed by atoms with Crippen LogP contribution >= 0.6 is 0 Å². The van der Waals surface area contributed by atoms with Crippen molar-refractivity contribution in [3.8, 4) is 12.3 Å². The highest BCUT2D eigenvalue weighted by atomic mass is 14.9. The molecule has 0 aliphatic heterocycles. The molecule has 14 heavy (non-hydrogen) atoms. The maximum atomic E-state index is 5.16. The number of allylic oxidation sites excluding steroid dienone is 1. The van der Waals surface area contributed by atoms with Crippen molar-refractivity contribution in [3.63, 3.8) is 0 Å². The standard InChI is InChI=1S/C13H15N/c1-3-5-11-14-13-9-7-12(6-4-2)8-10-13/h1,4,6-10,14H,5,11H2,2H3/b6-4+. The van der Waals surface area contributed by atoms with Gasteiger partial charge < -0.3 is 5.32 Å². The fourth-order valence-corrected chi connectivity index (χ4v) is 1.18. The van der Waals surface area contributed by atoms with E-state index in [1.165, 1.54) is 5.56 Å². The van der Waals surface area contributed by atoms with Crippen LogP contribution in [0.15, 0.2) is 30.3 Å². The van der Waals surface area contributed by atoms with Gasteiger partial charge in [-0.1, -0.05) is 24.3 Å². The smallest absolute Gasteiger partial charge is 0.0340 e. The number of anilines is 1. The molecule has 0 aliphatic rings. The van der Waals surface area contributed by atoms with Gasteiger partial charge in [0.15, 0.2) is 0 Å². The Morgan fingerprint density at radius 1 is 1.36 bits per heavy atom. The average molecular weight is 185 g/mol. The lowest BCUT2D eigenvalue weighted by atomic mass is 10.2. The van der Waals surface area contributed by atoms with Gasteiger partial charge in [-0.3, -0.25) is 0 Å². The van der Waals surface area contributed by atoms with E-state index in [9.17, 15) is 0 Å². The van der Waals surface area contributed by atoms with Gasteiger partial charge in [-0.2, -0.15) is 0 Å². The largest absolute Gasteiger partial charge is 0.384 e. The zero-order chi connectivity index (χ0) is 10.2. The number of terminal acetylenes is 1. The Morgan fingerprint density at radius 2 is 2.07 bits per heavy atom. The summed E-state index contributed by atoms with van der Waals surface area (Å²) in [6, 6.07) is 8.29. The second-order valence-electron chi connectivity index (χ2n) is 3.00. The van der Waals surface area contributed by atoms with Crippen LogP contribution < -0.4 is 5.32 Å². The van der Waals surface area contributed by atoms with Crippen LogP contribution in [0, 0.1) is 12.3 Å². The molecule has 0 saturated heterocycles. The molecule has 0 aromatic heterocycles. The molecule has 1 aromatic rings. The quantitative estimate of drug-likeness (QED) is 0.561. The molecule has 0 aliphatic carbocycles. The Hall–Kier alpha value is -1.68. The molecule has 0 heterocycles. The SMILES string of the molecule is C#CCCNc1ccc(/C=C/C)cc1. The maximum absolute atomic E-state index is 5.16. The fraction of sp³-hybridized carbons (Fsp3) is 0.231. The summed E-state index contributed by atoms with van der Waals surface area (Å²) >= 11 is 0. The average Bonchev–Trinajstić information content (AvgIpc) is 2.21. The van der Waals surface area contributed by atoms with Crippen LogP contribution in [0.25, 0.3) is 6.08 Å². The van der Waals surface area contributed by atoms with Crippen LogP contribution in [0.2, 0.25) is 0 Å². The van der Waals surface area contributed by atoms with E-state index in [0.717, 1.165) is 18.7 Å². The van der Waals surface area contributed by atoms with E-state index in [4.69, 9.17) is 6.42 Å². The predicted octanol–water partition coefficient (Wildman–Crippen LogP) is 3.15. The molecule has 0 bridgehead atoms. The first-order chi connectivity index (χ1) is 6.86. The van der Waals surface area contributed by atoms with Gasteiger partial charge in [0.1, 0.15) is 0 Å². The topological polar surface area (TPSA) is 12.0 Å². The minimum Gasteiger partial charge on any atom is -0.384 e. The summed E-state index contributed by atoms with van der Waals surface area (Å²) in [5, 5.41) is 3.25. The summed E-state index contributed by atoms with van der Waals surface area (Å²) in [6.45, 7) is 2.85. The summed E-state index contributed by atoms with van der Waals surface area (Å²) in [5.41, 5.74) is 2.34.